The maximum Gasteiger partial charge on any atom is 0.0223 e. The van der Waals surface area contributed by atoms with E-state index in [1.54, 1.807) is 0 Å². The lowest BCUT2D eigenvalue weighted by Crippen LogP contribution is -2.33. The molecule has 1 atom stereocenters. The first-order valence-electron chi connectivity index (χ1n) is 4.01. The van der Waals surface area contributed by atoms with E-state index in [1.807, 2.05) is 7.05 Å². The van der Waals surface area contributed by atoms with E-state index >= 15 is 0 Å². The number of hydrazine groups is 1. The van der Waals surface area contributed by atoms with Crippen LogP contribution in [-0.4, -0.2) is 7.05 Å². The zero-order chi connectivity index (χ0) is 9.07. The molecule has 2 nitrogen and oxygen atoms in total. The number of hydrogen-bond donors (Lipinski definition) is 2. The number of allylic oxidation sites excluding steroid dienone is 1. The van der Waals surface area contributed by atoms with E-state index in [0.717, 1.165) is 5.70 Å². The average molecular weight is 156 g/mol. The van der Waals surface area contributed by atoms with Gasteiger partial charge in [-0.25, -0.2) is 5.43 Å². The molecule has 0 aliphatic carbocycles. The molecule has 0 rings (SSSR count). The Hall–Kier alpha value is -0.500. The molecule has 66 valence electrons. The molecule has 0 bridgehead atoms. The van der Waals surface area contributed by atoms with Crippen molar-refractivity contribution in [3.05, 3.63) is 12.3 Å². The first-order valence-corrected chi connectivity index (χ1v) is 4.01. The van der Waals surface area contributed by atoms with Crippen LogP contribution in [0.2, 0.25) is 0 Å². The average Bonchev–Trinajstić information content (AvgIpc) is 1.85. The van der Waals surface area contributed by atoms with Gasteiger partial charge in [0.1, 0.15) is 0 Å². The van der Waals surface area contributed by atoms with Gasteiger partial charge in [0.15, 0.2) is 0 Å². The topological polar surface area (TPSA) is 24.1 Å². The summed E-state index contributed by atoms with van der Waals surface area (Å²) in [6, 6.07) is 0. The summed E-state index contributed by atoms with van der Waals surface area (Å²) in [5, 5.41) is 0. The Labute approximate surface area is 70.0 Å². The molecule has 0 aromatic heterocycles. The van der Waals surface area contributed by atoms with Crippen LogP contribution in [0.4, 0.5) is 0 Å². The van der Waals surface area contributed by atoms with Crippen molar-refractivity contribution in [1.82, 2.24) is 10.9 Å². The molecule has 0 aliphatic heterocycles. The summed E-state index contributed by atoms with van der Waals surface area (Å²) < 4.78 is 0. The summed E-state index contributed by atoms with van der Waals surface area (Å²) in [6.45, 7) is 12.7. The van der Waals surface area contributed by atoms with E-state index in [0.29, 0.717) is 5.92 Å². The lowest BCUT2D eigenvalue weighted by atomic mass is 9.80. The van der Waals surface area contributed by atoms with Gasteiger partial charge in [0.05, 0.1) is 0 Å². The van der Waals surface area contributed by atoms with Crippen LogP contribution in [0.1, 0.15) is 27.7 Å². The number of hydrogen-bond acceptors (Lipinski definition) is 2. The van der Waals surface area contributed by atoms with Gasteiger partial charge in [0, 0.05) is 18.7 Å². The summed E-state index contributed by atoms with van der Waals surface area (Å²) in [6.07, 6.45) is 0. The van der Waals surface area contributed by atoms with E-state index in [-0.39, 0.29) is 5.41 Å². The second kappa shape index (κ2) is 3.77. The van der Waals surface area contributed by atoms with Gasteiger partial charge >= 0.3 is 0 Å². The SMILES string of the molecule is C=C(NNC)C(C)C(C)(C)C. The van der Waals surface area contributed by atoms with Gasteiger partial charge in [-0.05, 0) is 5.41 Å². The van der Waals surface area contributed by atoms with Crippen LogP contribution in [0.5, 0.6) is 0 Å². The normalized spacial score (nSPS) is 14.3. The number of rotatable bonds is 3. The van der Waals surface area contributed by atoms with Crippen molar-refractivity contribution in [3.63, 3.8) is 0 Å². The van der Waals surface area contributed by atoms with Gasteiger partial charge in [0.25, 0.3) is 0 Å². The second-order valence-corrected chi connectivity index (χ2v) is 3.99. The Morgan fingerprint density at radius 3 is 2.09 bits per heavy atom. The van der Waals surface area contributed by atoms with Gasteiger partial charge in [-0.1, -0.05) is 34.3 Å². The van der Waals surface area contributed by atoms with Gasteiger partial charge in [-0.3, -0.25) is 0 Å². The minimum Gasteiger partial charge on any atom is -0.326 e. The minimum absolute atomic E-state index is 0.279. The number of nitrogens with one attached hydrogen (secondary N) is 2. The first-order chi connectivity index (χ1) is 4.89. The maximum atomic E-state index is 3.94. The Balaban J connectivity index is 4.03. The van der Waals surface area contributed by atoms with Gasteiger partial charge in [-0.2, -0.15) is 0 Å². The molecule has 0 heterocycles. The fraction of sp³-hybridized carbons (Fsp3) is 0.778. The van der Waals surface area contributed by atoms with Crippen molar-refractivity contribution < 1.29 is 0 Å². The molecule has 1 unspecified atom stereocenters. The highest BCUT2D eigenvalue weighted by Crippen LogP contribution is 2.28. The minimum atomic E-state index is 0.279. The van der Waals surface area contributed by atoms with Crippen LogP contribution >= 0.6 is 0 Å². The standard InChI is InChI=1S/C9H20N2/c1-7(9(3,4)5)8(2)11-10-6/h7,10-11H,2H2,1,3-6H3. The van der Waals surface area contributed by atoms with E-state index in [4.69, 9.17) is 0 Å². The molecule has 0 aromatic carbocycles. The summed E-state index contributed by atoms with van der Waals surface area (Å²) in [4.78, 5) is 0. The summed E-state index contributed by atoms with van der Waals surface area (Å²) in [7, 11) is 1.85. The van der Waals surface area contributed by atoms with Crippen molar-refractivity contribution in [3.8, 4) is 0 Å². The Morgan fingerprint density at radius 1 is 1.36 bits per heavy atom. The third-order valence-electron chi connectivity index (χ3n) is 2.11. The Kier molecular flexibility index (Phi) is 3.59. The zero-order valence-electron chi connectivity index (χ0n) is 8.28. The monoisotopic (exact) mass is 156 g/mol. The predicted octanol–water partition coefficient (Wildman–Crippen LogP) is 1.91. The van der Waals surface area contributed by atoms with Crippen LogP contribution in [-0.2, 0) is 0 Å². The highest BCUT2D eigenvalue weighted by Gasteiger charge is 2.21. The molecule has 0 saturated carbocycles. The predicted molar refractivity (Wildman–Crippen MR) is 50.0 cm³/mol. The van der Waals surface area contributed by atoms with E-state index in [9.17, 15) is 0 Å². The van der Waals surface area contributed by atoms with Crippen LogP contribution in [0.25, 0.3) is 0 Å². The van der Waals surface area contributed by atoms with Crippen LogP contribution in [0.15, 0.2) is 12.3 Å². The van der Waals surface area contributed by atoms with Crippen molar-refractivity contribution >= 4 is 0 Å². The van der Waals surface area contributed by atoms with Crippen molar-refractivity contribution in [2.75, 3.05) is 7.05 Å². The third-order valence-corrected chi connectivity index (χ3v) is 2.11. The summed E-state index contributed by atoms with van der Waals surface area (Å²) in [5.74, 6) is 0.468. The lowest BCUT2D eigenvalue weighted by molar-refractivity contribution is 0.285. The van der Waals surface area contributed by atoms with Crippen LogP contribution in [0, 0.1) is 11.3 Å². The molecule has 2 N–H and O–H groups in total. The molecule has 0 radical (unpaired) electrons. The van der Waals surface area contributed by atoms with Gasteiger partial charge < -0.3 is 5.43 Å². The highest BCUT2D eigenvalue weighted by atomic mass is 15.3. The quantitative estimate of drug-likeness (QED) is 0.610. The molecule has 0 fully saturated rings. The van der Waals surface area contributed by atoms with Crippen molar-refractivity contribution in [1.29, 1.82) is 0 Å². The van der Waals surface area contributed by atoms with Crippen molar-refractivity contribution in [2.24, 2.45) is 11.3 Å². The van der Waals surface area contributed by atoms with Crippen molar-refractivity contribution in [2.45, 2.75) is 27.7 Å². The summed E-state index contributed by atoms with van der Waals surface area (Å²) >= 11 is 0. The maximum absolute atomic E-state index is 3.94. The smallest absolute Gasteiger partial charge is 0.0223 e. The van der Waals surface area contributed by atoms with E-state index in [2.05, 4.69) is 45.1 Å². The largest absolute Gasteiger partial charge is 0.326 e. The van der Waals surface area contributed by atoms with Crippen LogP contribution in [0.3, 0.4) is 0 Å². The molecule has 2 heteroatoms. The zero-order valence-corrected chi connectivity index (χ0v) is 8.28. The first kappa shape index (κ1) is 10.5. The molecular weight excluding hydrogens is 136 g/mol. The molecule has 0 amide bonds. The second-order valence-electron chi connectivity index (χ2n) is 3.99. The molecule has 0 spiro atoms. The Morgan fingerprint density at radius 2 is 1.82 bits per heavy atom. The fourth-order valence-corrected chi connectivity index (χ4v) is 0.792. The third kappa shape index (κ3) is 3.42. The van der Waals surface area contributed by atoms with Gasteiger partial charge in [-0.15, -0.1) is 0 Å². The molecule has 0 saturated heterocycles. The van der Waals surface area contributed by atoms with Crippen LogP contribution < -0.4 is 10.9 Å². The summed E-state index contributed by atoms with van der Waals surface area (Å²) in [5.41, 5.74) is 7.20. The fourth-order valence-electron chi connectivity index (χ4n) is 0.792. The molecule has 11 heavy (non-hydrogen) atoms. The molecule has 0 aliphatic rings. The molecule has 0 aromatic rings. The lowest BCUT2D eigenvalue weighted by Gasteiger charge is -2.29. The Bertz CT molecular complexity index is 133. The highest BCUT2D eigenvalue weighted by molar-refractivity contribution is 4.99. The van der Waals surface area contributed by atoms with Gasteiger partial charge in [0.2, 0.25) is 0 Å². The van der Waals surface area contributed by atoms with E-state index < -0.39 is 0 Å². The molecular formula is C9H20N2. The van der Waals surface area contributed by atoms with E-state index in [1.165, 1.54) is 0 Å².